The van der Waals surface area contributed by atoms with Gasteiger partial charge in [0.05, 0.1) is 6.61 Å². The Labute approximate surface area is 114 Å². The van der Waals surface area contributed by atoms with Gasteiger partial charge in [-0.3, -0.25) is 9.59 Å². The van der Waals surface area contributed by atoms with Gasteiger partial charge in [-0.1, -0.05) is 0 Å². The third-order valence-electron chi connectivity index (χ3n) is 2.23. The van der Waals surface area contributed by atoms with Gasteiger partial charge in [0.2, 0.25) is 0 Å². The van der Waals surface area contributed by atoms with Crippen molar-refractivity contribution in [1.82, 2.24) is 0 Å². The van der Waals surface area contributed by atoms with Crippen molar-refractivity contribution in [3.8, 4) is 0 Å². The van der Waals surface area contributed by atoms with Gasteiger partial charge < -0.3 is 4.74 Å². The molecule has 1 rings (SSSR count). The maximum atomic E-state index is 13.4. The summed E-state index contributed by atoms with van der Waals surface area (Å²) in [5.74, 6) is -5.04. The van der Waals surface area contributed by atoms with Crippen molar-refractivity contribution in [2.75, 3.05) is 12.4 Å². The van der Waals surface area contributed by atoms with E-state index in [0.717, 1.165) is 12.1 Å². The standard InChI is InChI=1S/C12H12F2O5S/c1-2-19-12(16)6-9(15)7-20(17,18)11-4-3-8(13)5-10(11)14/h3-5H,2,6-7H2,1H3. The maximum absolute atomic E-state index is 13.4. The number of halogens is 2. The molecule has 1 aromatic rings. The SMILES string of the molecule is CCOC(=O)CC(=O)CS(=O)(=O)c1ccc(F)cc1F. The summed E-state index contributed by atoms with van der Waals surface area (Å²) < 4.78 is 54.1. The van der Waals surface area contributed by atoms with E-state index in [-0.39, 0.29) is 6.61 Å². The lowest BCUT2D eigenvalue weighted by atomic mass is 10.3. The number of hydrogen-bond donors (Lipinski definition) is 0. The first-order chi connectivity index (χ1) is 9.26. The number of ether oxygens (including phenoxy) is 1. The Morgan fingerprint density at radius 1 is 1.25 bits per heavy atom. The zero-order valence-electron chi connectivity index (χ0n) is 10.6. The maximum Gasteiger partial charge on any atom is 0.313 e. The van der Waals surface area contributed by atoms with E-state index in [2.05, 4.69) is 4.74 Å². The Bertz CT molecular complexity index is 625. The van der Waals surface area contributed by atoms with Gasteiger partial charge in [-0.25, -0.2) is 17.2 Å². The van der Waals surface area contributed by atoms with Crippen LogP contribution in [0.1, 0.15) is 13.3 Å². The van der Waals surface area contributed by atoms with Crippen LogP contribution >= 0.6 is 0 Å². The fourth-order valence-corrected chi connectivity index (χ4v) is 2.75. The lowest BCUT2D eigenvalue weighted by Gasteiger charge is -2.05. The number of sulfone groups is 1. The number of esters is 1. The van der Waals surface area contributed by atoms with E-state index in [0.29, 0.717) is 6.07 Å². The minimum absolute atomic E-state index is 0.0610. The molecule has 0 fully saturated rings. The van der Waals surface area contributed by atoms with E-state index in [1.54, 1.807) is 0 Å². The van der Waals surface area contributed by atoms with Crippen molar-refractivity contribution >= 4 is 21.6 Å². The second kappa shape index (κ2) is 6.56. The van der Waals surface area contributed by atoms with Crippen LogP contribution in [0.5, 0.6) is 0 Å². The predicted molar refractivity (Wildman–Crippen MR) is 64.7 cm³/mol. The molecule has 110 valence electrons. The Hall–Kier alpha value is -1.83. The van der Waals surface area contributed by atoms with Crippen LogP contribution in [0, 0.1) is 11.6 Å². The fourth-order valence-electron chi connectivity index (χ4n) is 1.44. The van der Waals surface area contributed by atoms with Crippen LogP contribution in [0.3, 0.4) is 0 Å². The van der Waals surface area contributed by atoms with Crippen molar-refractivity contribution < 1.29 is 31.5 Å². The van der Waals surface area contributed by atoms with E-state index >= 15 is 0 Å². The zero-order valence-corrected chi connectivity index (χ0v) is 11.4. The highest BCUT2D eigenvalue weighted by atomic mass is 32.2. The Morgan fingerprint density at radius 3 is 2.45 bits per heavy atom. The van der Waals surface area contributed by atoms with E-state index in [1.807, 2.05) is 0 Å². The molecular weight excluding hydrogens is 294 g/mol. The summed E-state index contributed by atoms with van der Waals surface area (Å²) in [5.41, 5.74) is 0. The molecule has 0 spiro atoms. The van der Waals surface area contributed by atoms with Crippen molar-refractivity contribution in [3.05, 3.63) is 29.8 Å². The summed E-state index contributed by atoms with van der Waals surface area (Å²) in [4.78, 5) is 21.7. The van der Waals surface area contributed by atoms with Gasteiger partial charge in [0.15, 0.2) is 15.6 Å². The average molecular weight is 306 g/mol. The van der Waals surface area contributed by atoms with Gasteiger partial charge in [-0.15, -0.1) is 0 Å². The van der Waals surface area contributed by atoms with Crippen molar-refractivity contribution in [2.24, 2.45) is 0 Å². The number of rotatable bonds is 6. The molecule has 0 atom stereocenters. The van der Waals surface area contributed by atoms with Gasteiger partial charge in [0.1, 0.15) is 28.7 Å². The number of hydrogen-bond acceptors (Lipinski definition) is 5. The topological polar surface area (TPSA) is 77.5 Å². The molecule has 0 saturated carbocycles. The molecule has 5 nitrogen and oxygen atoms in total. The van der Waals surface area contributed by atoms with Crippen LogP contribution in [-0.4, -0.2) is 32.5 Å². The van der Waals surface area contributed by atoms with Crippen molar-refractivity contribution in [3.63, 3.8) is 0 Å². The Morgan fingerprint density at radius 2 is 1.90 bits per heavy atom. The summed E-state index contributed by atoms with van der Waals surface area (Å²) in [6.45, 7) is 1.60. The van der Waals surface area contributed by atoms with Crippen LogP contribution in [0.2, 0.25) is 0 Å². The molecule has 0 saturated heterocycles. The highest BCUT2D eigenvalue weighted by Crippen LogP contribution is 2.17. The Balaban J connectivity index is 2.85. The lowest BCUT2D eigenvalue weighted by molar-refractivity contribution is -0.145. The molecule has 0 radical (unpaired) electrons. The van der Waals surface area contributed by atoms with Crippen molar-refractivity contribution in [1.29, 1.82) is 0 Å². The third-order valence-corrected chi connectivity index (χ3v) is 3.93. The summed E-state index contributed by atoms with van der Waals surface area (Å²) in [7, 11) is -4.27. The minimum Gasteiger partial charge on any atom is -0.466 e. The summed E-state index contributed by atoms with van der Waals surface area (Å²) in [6.07, 6.45) is -0.712. The smallest absolute Gasteiger partial charge is 0.313 e. The second-order valence-corrected chi connectivity index (χ2v) is 5.81. The molecule has 1 aromatic carbocycles. The fraction of sp³-hybridized carbons (Fsp3) is 0.333. The number of benzene rings is 1. The minimum atomic E-state index is -4.27. The number of Topliss-reactive ketones (excluding diaryl/α,β-unsaturated/α-hetero) is 1. The van der Waals surface area contributed by atoms with Gasteiger partial charge in [-0.2, -0.15) is 0 Å². The van der Waals surface area contributed by atoms with Crippen LogP contribution in [0.25, 0.3) is 0 Å². The second-order valence-electron chi connectivity index (χ2n) is 3.85. The van der Waals surface area contributed by atoms with Gasteiger partial charge in [-0.05, 0) is 19.1 Å². The molecule has 0 aliphatic carbocycles. The number of ketones is 1. The van der Waals surface area contributed by atoms with E-state index < -0.39 is 50.3 Å². The van der Waals surface area contributed by atoms with E-state index in [1.165, 1.54) is 6.92 Å². The molecule has 8 heteroatoms. The quantitative estimate of drug-likeness (QED) is 0.449. The Kier molecular flexibility index (Phi) is 5.32. The molecule has 0 amide bonds. The first-order valence-electron chi connectivity index (χ1n) is 5.61. The summed E-state index contributed by atoms with van der Waals surface area (Å²) in [5, 5.41) is 0. The van der Waals surface area contributed by atoms with Crippen LogP contribution < -0.4 is 0 Å². The molecule has 0 heterocycles. The lowest BCUT2D eigenvalue weighted by Crippen LogP contribution is -2.21. The van der Waals surface area contributed by atoms with Gasteiger partial charge >= 0.3 is 5.97 Å². The number of carbonyl (C=O) groups excluding carboxylic acids is 2. The first-order valence-corrected chi connectivity index (χ1v) is 7.26. The molecule has 20 heavy (non-hydrogen) atoms. The third kappa shape index (κ3) is 4.37. The van der Waals surface area contributed by atoms with E-state index in [4.69, 9.17) is 0 Å². The van der Waals surface area contributed by atoms with E-state index in [9.17, 15) is 26.8 Å². The summed E-state index contributed by atoms with van der Waals surface area (Å²) in [6, 6.07) is 1.91. The molecule has 0 N–H and O–H groups in total. The average Bonchev–Trinajstić information content (AvgIpc) is 2.26. The monoisotopic (exact) mass is 306 g/mol. The normalized spacial score (nSPS) is 11.2. The molecular formula is C12H12F2O5S. The highest BCUT2D eigenvalue weighted by molar-refractivity contribution is 7.92. The van der Waals surface area contributed by atoms with Crippen LogP contribution in [-0.2, 0) is 24.2 Å². The molecule has 0 unspecified atom stereocenters. The molecule has 0 aliphatic heterocycles. The largest absolute Gasteiger partial charge is 0.466 e. The first kappa shape index (κ1) is 16.2. The number of carbonyl (C=O) groups is 2. The molecule has 0 aromatic heterocycles. The van der Waals surface area contributed by atoms with Crippen LogP contribution in [0.4, 0.5) is 8.78 Å². The van der Waals surface area contributed by atoms with Crippen molar-refractivity contribution in [2.45, 2.75) is 18.2 Å². The van der Waals surface area contributed by atoms with Gasteiger partial charge in [0, 0.05) is 6.07 Å². The van der Waals surface area contributed by atoms with Gasteiger partial charge in [0.25, 0.3) is 0 Å². The summed E-state index contributed by atoms with van der Waals surface area (Å²) >= 11 is 0. The molecule has 0 bridgehead atoms. The predicted octanol–water partition coefficient (Wildman–Crippen LogP) is 1.26. The van der Waals surface area contributed by atoms with Crippen LogP contribution in [0.15, 0.2) is 23.1 Å². The highest BCUT2D eigenvalue weighted by Gasteiger charge is 2.24. The molecule has 0 aliphatic rings. The zero-order chi connectivity index (χ0) is 15.3.